The monoisotopic (exact) mass is 373 g/mol. The van der Waals surface area contributed by atoms with Crippen LogP contribution in [0.5, 0.6) is 0 Å². The molecule has 3 rings (SSSR count). The molecule has 7 heteroatoms. The molecule has 1 aliphatic rings. The number of piperazine rings is 1. The molecule has 1 fully saturated rings. The highest BCUT2D eigenvalue weighted by Gasteiger charge is 2.23. The van der Waals surface area contributed by atoms with Crippen molar-refractivity contribution < 1.29 is 4.79 Å². The van der Waals surface area contributed by atoms with Crippen molar-refractivity contribution in [2.45, 2.75) is 13.5 Å². The number of anilines is 1. The number of nitrogens with zero attached hydrogens (tertiary/aromatic N) is 5. The quantitative estimate of drug-likeness (QED) is 0.824. The van der Waals surface area contributed by atoms with Crippen LogP contribution in [0, 0.1) is 0 Å². The van der Waals surface area contributed by atoms with E-state index in [1.807, 2.05) is 48.0 Å². The molecule has 2 aromatic rings. The number of halogens is 1. The zero-order chi connectivity index (χ0) is 18.7. The topological polar surface area (TPSA) is 44.6 Å². The van der Waals surface area contributed by atoms with Gasteiger partial charge in [-0.05, 0) is 24.6 Å². The third kappa shape index (κ3) is 4.26. The highest BCUT2D eigenvalue weighted by molar-refractivity contribution is 6.30. The van der Waals surface area contributed by atoms with Crippen LogP contribution in [0.25, 0.3) is 0 Å². The number of rotatable bonds is 4. The second-order valence-corrected chi connectivity index (χ2v) is 7.05. The fourth-order valence-electron chi connectivity index (χ4n) is 2.90. The molecule has 1 amide bonds. The number of benzene rings is 1. The van der Waals surface area contributed by atoms with Gasteiger partial charge < -0.3 is 9.80 Å². The third-order valence-corrected chi connectivity index (χ3v) is 4.94. The van der Waals surface area contributed by atoms with Crippen LogP contribution in [0.2, 0.25) is 5.02 Å². The molecule has 1 aliphatic heterocycles. The first kappa shape index (κ1) is 18.5. The SMILES string of the molecule is C=C(C)N(C)c1cnn(C(=O)N2CCN(Cc3ccc(Cl)cc3)CC2)c1. The van der Waals surface area contributed by atoms with Gasteiger partial charge in [0.15, 0.2) is 0 Å². The first-order valence-electron chi connectivity index (χ1n) is 8.64. The second-order valence-electron chi connectivity index (χ2n) is 6.61. The van der Waals surface area contributed by atoms with Gasteiger partial charge in [-0.2, -0.15) is 9.78 Å². The van der Waals surface area contributed by atoms with Crippen molar-refractivity contribution in [1.29, 1.82) is 0 Å². The Hall–Kier alpha value is -2.31. The minimum atomic E-state index is -0.0856. The Labute approximate surface area is 159 Å². The first-order chi connectivity index (χ1) is 12.4. The van der Waals surface area contributed by atoms with Crippen molar-refractivity contribution in [3.05, 3.63) is 59.5 Å². The molecule has 0 bridgehead atoms. The summed E-state index contributed by atoms with van der Waals surface area (Å²) < 4.78 is 1.41. The van der Waals surface area contributed by atoms with Crippen LogP contribution in [0.1, 0.15) is 12.5 Å². The van der Waals surface area contributed by atoms with Gasteiger partial charge in [-0.15, -0.1) is 0 Å². The van der Waals surface area contributed by atoms with Crippen LogP contribution < -0.4 is 4.90 Å². The molecule has 1 aromatic heterocycles. The summed E-state index contributed by atoms with van der Waals surface area (Å²) in [5.41, 5.74) is 2.98. The van der Waals surface area contributed by atoms with Crippen molar-refractivity contribution in [3.63, 3.8) is 0 Å². The molecule has 1 aromatic carbocycles. The maximum atomic E-state index is 12.7. The number of allylic oxidation sites excluding steroid dienone is 1. The molecule has 0 radical (unpaired) electrons. The summed E-state index contributed by atoms with van der Waals surface area (Å²) in [7, 11) is 1.91. The lowest BCUT2D eigenvalue weighted by molar-refractivity contribution is 0.134. The highest BCUT2D eigenvalue weighted by Crippen LogP contribution is 2.16. The molecule has 1 saturated heterocycles. The maximum absolute atomic E-state index is 12.7. The van der Waals surface area contributed by atoms with Crippen LogP contribution in [0.4, 0.5) is 10.5 Å². The molecule has 0 spiro atoms. The van der Waals surface area contributed by atoms with Crippen molar-refractivity contribution in [2.24, 2.45) is 0 Å². The lowest BCUT2D eigenvalue weighted by Crippen LogP contribution is -2.49. The van der Waals surface area contributed by atoms with Crippen LogP contribution in [0.3, 0.4) is 0 Å². The molecule has 0 saturated carbocycles. The largest absolute Gasteiger partial charge is 0.347 e. The van der Waals surface area contributed by atoms with E-state index in [1.54, 1.807) is 12.4 Å². The van der Waals surface area contributed by atoms with Crippen LogP contribution in [-0.2, 0) is 6.54 Å². The van der Waals surface area contributed by atoms with Crippen molar-refractivity contribution in [3.8, 4) is 0 Å². The van der Waals surface area contributed by atoms with Gasteiger partial charge in [0.25, 0.3) is 0 Å². The van der Waals surface area contributed by atoms with E-state index in [-0.39, 0.29) is 6.03 Å². The van der Waals surface area contributed by atoms with Gasteiger partial charge >= 0.3 is 6.03 Å². The van der Waals surface area contributed by atoms with Gasteiger partial charge in [0.2, 0.25) is 0 Å². The minimum Gasteiger partial charge on any atom is -0.347 e. The van der Waals surface area contributed by atoms with Crippen molar-refractivity contribution >= 4 is 23.3 Å². The first-order valence-corrected chi connectivity index (χ1v) is 9.02. The number of aromatic nitrogens is 2. The Morgan fingerprint density at radius 1 is 1.23 bits per heavy atom. The zero-order valence-electron chi connectivity index (χ0n) is 15.2. The van der Waals surface area contributed by atoms with E-state index in [4.69, 9.17) is 11.6 Å². The highest BCUT2D eigenvalue weighted by atomic mass is 35.5. The predicted octanol–water partition coefficient (Wildman–Crippen LogP) is 3.29. The smallest absolute Gasteiger partial charge is 0.344 e. The molecule has 0 unspecified atom stereocenters. The molecular formula is C19H24ClN5O. The van der Waals surface area contributed by atoms with Crippen LogP contribution in [-0.4, -0.2) is 58.8 Å². The van der Waals surface area contributed by atoms with Crippen molar-refractivity contribution in [1.82, 2.24) is 19.6 Å². The van der Waals surface area contributed by atoms with Crippen LogP contribution >= 0.6 is 11.6 Å². The summed E-state index contributed by atoms with van der Waals surface area (Å²) in [5, 5.41) is 4.96. The second kappa shape index (κ2) is 7.93. The average molecular weight is 374 g/mol. The van der Waals surface area contributed by atoms with Gasteiger partial charge in [-0.3, -0.25) is 4.90 Å². The number of hydrogen-bond acceptors (Lipinski definition) is 4. The van der Waals surface area contributed by atoms with E-state index in [0.29, 0.717) is 13.1 Å². The lowest BCUT2D eigenvalue weighted by Gasteiger charge is -2.34. The van der Waals surface area contributed by atoms with Gasteiger partial charge in [-0.1, -0.05) is 30.3 Å². The third-order valence-electron chi connectivity index (χ3n) is 4.69. The maximum Gasteiger partial charge on any atom is 0.344 e. The molecule has 138 valence electrons. The van der Waals surface area contributed by atoms with E-state index in [2.05, 4.69) is 16.6 Å². The van der Waals surface area contributed by atoms with Gasteiger partial charge in [-0.25, -0.2) is 4.79 Å². The molecule has 6 nitrogen and oxygen atoms in total. The zero-order valence-corrected chi connectivity index (χ0v) is 16.0. The molecule has 0 atom stereocenters. The summed E-state index contributed by atoms with van der Waals surface area (Å²) >= 11 is 5.93. The fourth-order valence-corrected chi connectivity index (χ4v) is 3.03. The van der Waals surface area contributed by atoms with Gasteiger partial charge in [0.1, 0.15) is 0 Å². The Bertz CT molecular complexity index is 777. The minimum absolute atomic E-state index is 0.0856. The number of hydrogen-bond donors (Lipinski definition) is 0. The van der Waals surface area contributed by atoms with Gasteiger partial charge in [0, 0.05) is 50.5 Å². The Morgan fingerprint density at radius 2 is 1.88 bits per heavy atom. The standard InChI is InChI=1S/C19H24ClN5O/c1-15(2)22(3)18-12-21-25(14-18)19(26)24-10-8-23(9-11-24)13-16-4-6-17(20)7-5-16/h4-7,12,14H,1,8-11,13H2,2-3H3. The average Bonchev–Trinajstić information content (AvgIpc) is 3.13. The van der Waals surface area contributed by atoms with Crippen molar-refractivity contribution in [2.75, 3.05) is 38.1 Å². The van der Waals surface area contributed by atoms with E-state index in [1.165, 1.54) is 10.2 Å². The molecule has 0 aliphatic carbocycles. The summed E-state index contributed by atoms with van der Waals surface area (Å²) in [5.74, 6) is 0. The molecule has 2 heterocycles. The predicted molar refractivity (Wildman–Crippen MR) is 105 cm³/mol. The van der Waals surface area contributed by atoms with E-state index in [9.17, 15) is 4.79 Å². The van der Waals surface area contributed by atoms with Crippen LogP contribution in [0.15, 0.2) is 48.9 Å². The Kier molecular flexibility index (Phi) is 5.64. The van der Waals surface area contributed by atoms with E-state index >= 15 is 0 Å². The normalized spacial score (nSPS) is 15.1. The van der Waals surface area contributed by atoms with E-state index < -0.39 is 0 Å². The molecule has 0 N–H and O–H groups in total. The fraction of sp³-hybridized carbons (Fsp3) is 0.368. The summed E-state index contributed by atoms with van der Waals surface area (Å²) in [6.45, 7) is 9.76. The number of carbonyl (C=O) groups is 1. The van der Waals surface area contributed by atoms with E-state index in [0.717, 1.165) is 36.0 Å². The molecular weight excluding hydrogens is 350 g/mol. The molecule has 26 heavy (non-hydrogen) atoms. The summed E-state index contributed by atoms with van der Waals surface area (Å²) in [4.78, 5) is 18.8. The lowest BCUT2D eigenvalue weighted by atomic mass is 10.2. The Morgan fingerprint density at radius 3 is 2.50 bits per heavy atom. The summed E-state index contributed by atoms with van der Waals surface area (Å²) in [6, 6.07) is 7.83. The summed E-state index contributed by atoms with van der Waals surface area (Å²) in [6.07, 6.45) is 3.43. The van der Waals surface area contributed by atoms with Gasteiger partial charge in [0.05, 0.1) is 18.1 Å². The number of carbonyl (C=O) groups excluding carboxylic acids is 1. The number of amides is 1. The Balaban J connectivity index is 1.55.